The molecule has 0 aliphatic heterocycles. The van der Waals surface area contributed by atoms with Crippen LogP contribution < -0.4 is 11.1 Å². The SMILES string of the molecule is CC(C)CNc1nccc2c(N)cc(F)cc12. The van der Waals surface area contributed by atoms with E-state index < -0.39 is 0 Å². The summed E-state index contributed by atoms with van der Waals surface area (Å²) in [6, 6.07) is 4.58. The van der Waals surface area contributed by atoms with Crippen LogP contribution in [0.15, 0.2) is 24.4 Å². The standard InChI is InChI=1S/C13H16FN3/c1-8(2)7-17-13-11-5-9(14)6-12(15)10(11)3-4-16-13/h3-6,8H,7,15H2,1-2H3,(H,16,17). The third-order valence-corrected chi connectivity index (χ3v) is 2.55. The molecular formula is C13H16FN3. The van der Waals surface area contributed by atoms with Gasteiger partial charge in [0.15, 0.2) is 0 Å². The highest BCUT2D eigenvalue weighted by molar-refractivity contribution is 5.99. The summed E-state index contributed by atoms with van der Waals surface area (Å²) >= 11 is 0. The molecule has 0 aliphatic carbocycles. The molecule has 1 heterocycles. The molecule has 1 aromatic carbocycles. The van der Waals surface area contributed by atoms with Crippen molar-refractivity contribution < 1.29 is 4.39 Å². The number of fused-ring (bicyclic) bond motifs is 1. The zero-order valence-corrected chi connectivity index (χ0v) is 10.00. The lowest BCUT2D eigenvalue weighted by Crippen LogP contribution is -2.09. The quantitative estimate of drug-likeness (QED) is 0.801. The first-order valence-electron chi connectivity index (χ1n) is 5.65. The van der Waals surface area contributed by atoms with Crippen molar-refractivity contribution >= 4 is 22.3 Å². The number of nitrogens with one attached hydrogen (secondary N) is 1. The highest BCUT2D eigenvalue weighted by Gasteiger charge is 2.07. The number of nitrogens with two attached hydrogens (primary N) is 1. The van der Waals surface area contributed by atoms with Crippen LogP contribution in [-0.4, -0.2) is 11.5 Å². The highest BCUT2D eigenvalue weighted by Crippen LogP contribution is 2.27. The van der Waals surface area contributed by atoms with E-state index in [1.54, 1.807) is 12.3 Å². The molecule has 0 saturated carbocycles. The molecule has 17 heavy (non-hydrogen) atoms. The number of nitrogens with zero attached hydrogens (tertiary/aromatic N) is 1. The summed E-state index contributed by atoms with van der Waals surface area (Å²) < 4.78 is 13.3. The van der Waals surface area contributed by atoms with Gasteiger partial charge in [-0.05, 0) is 24.1 Å². The fourth-order valence-electron chi connectivity index (χ4n) is 1.72. The van der Waals surface area contributed by atoms with Crippen LogP contribution in [-0.2, 0) is 0 Å². The smallest absolute Gasteiger partial charge is 0.134 e. The van der Waals surface area contributed by atoms with E-state index in [0.29, 0.717) is 17.4 Å². The lowest BCUT2D eigenvalue weighted by molar-refractivity contribution is 0.630. The Kier molecular flexibility index (Phi) is 3.13. The predicted octanol–water partition coefficient (Wildman–Crippen LogP) is 3.02. The molecule has 0 amide bonds. The maximum atomic E-state index is 13.3. The summed E-state index contributed by atoms with van der Waals surface area (Å²) in [7, 11) is 0. The van der Waals surface area contributed by atoms with Gasteiger partial charge in [0.05, 0.1) is 0 Å². The molecule has 4 heteroatoms. The van der Waals surface area contributed by atoms with Crippen molar-refractivity contribution in [1.82, 2.24) is 4.98 Å². The van der Waals surface area contributed by atoms with Gasteiger partial charge in [0, 0.05) is 29.2 Å². The number of halogens is 1. The van der Waals surface area contributed by atoms with Gasteiger partial charge in [-0.1, -0.05) is 13.8 Å². The summed E-state index contributed by atoms with van der Waals surface area (Å²) in [5.41, 5.74) is 6.23. The van der Waals surface area contributed by atoms with Crippen LogP contribution in [0.4, 0.5) is 15.9 Å². The van der Waals surface area contributed by atoms with Crippen molar-refractivity contribution in [3.05, 3.63) is 30.2 Å². The van der Waals surface area contributed by atoms with Crippen molar-refractivity contribution in [3.63, 3.8) is 0 Å². The Balaban J connectivity index is 2.49. The average molecular weight is 233 g/mol. The molecule has 2 rings (SSSR count). The molecule has 0 radical (unpaired) electrons. The topological polar surface area (TPSA) is 50.9 Å². The van der Waals surface area contributed by atoms with Crippen molar-refractivity contribution in [2.24, 2.45) is 5.92 Å². The van der Waals surface area contributed by atoms with Crippen LogP contribution in [0.2, 0.25) is 0 Å². The Morgan fingerprint density at radius 2 is 2.12 bits per heavy atom. The molecular weight excluding hydrogens is 217 g/mol. The van der Waals surface area contributed by atoms with Gasteiger partial charge in [0.25, 0.3) is 0 Å². The zero-order chi connectivity index (χ0) is 12.4. The van der Waals surface area contributed by atoms with E-state index in [1.165, 1.54) is 12.1 Å². The lowest BCUT2D eigenvalue weighted by atomic mass is 10.1. The Bertz CT molecular complexity index is 537. The molecule has 0 aliphatic rings. The summed E-state index contributed by atoms with van der Waals surface area (Å²) in [5.74, 6) is 0.843. The maximum absolute atomic E-state index is 13.3. The van der Waals surface area contributed by atoms with E-state index in [2.05, 4.69) is 24.1 Å². The maximum Gasteiger partial charge on any atom is 0.134 e. The van der Waals surface area contributed by atoms with Gasteiger partial charge in [-0.15, -0.1) is 0 Å². The van der Waals surface area contributed by atoms with Crippen LogP contribution in [0.3, 0.4) is 0 Å². The molecule has 0 spiro atoms. The van der Waals surface area contributed by atoms with Gasteiger partial charge in [0.2, 0.25) is 0 Å². The number of nitrogen functional groups attached to an aromatic ring is 1. The van der Waals surface area contributed by atoms with Crippen LogP contribution in [0.1, 0.15) is 13.8 Å². The third kappa shape index (κ3) is 2.46. The molecule has 0 fully saturated rings. The van der Waals surface area contributed by atoms with Crippen molar-refractivity contribution in [1.29, 1.82) is 0 Å². The number of hydrogen-bond donors (Lipinski definition) is 2. The average Bonchev–Trinajstić information content (AvgIpc) is 2.26. The van der Waals surface area contributed by atoms with Crippen LogP contribution in [0, 0.1) is 11.7 Å². The second-order valence-corrected chi connectivity index (χ2v) is 4.52. The fraction of sp³-hybridized carbons (Fsp3) is 0.308. The monoisotopic (exact) mass is 233 g/mol. The molecule has 1 aromatic heterocycles. The fourth-order valence-corrected chi connectivity index (χ4v) is 1.72. The Morgan fingerprint density at radius 3 is 2.82 bits per heavy atom. The van der Waals surface area contributed by atoms with Crippen molar-refractivity contribution in [3.8, 4) is 0 Å². The predicted molar refractivity (Wildman–Crippen MR) is 69.4 cm³/mol. The first-order valence-corrected chi connectivity index (χ1v) is 5.65. The van der Waals surface area contributed by atoms with Crippen LogP contribution in [0.25, 0.3) is 10.8 Å². The van der Waals surface area contributed by atoms with Crippen molar-refractivity contribution in [2.45, 2.75) is 13.8 Å². The largest absolute Gasteiger partial charge is 0.398 e. The first-order chi connectivity index (χ1) is 8.08. The normalized spacial score (nSPS) is 11.1. The minimum Gasteiger partial charge on any atom is -0.398 e. The van der Waals surface area contributed by atoms with Gasteiger partial charge in [-0.25, -0.2) is 9.37 Å². The van der Waals surface area contributed by atoms with E-state index in [4.69, 9.17) is 5.73 Å². The molecule has 90 valence electrons. The first kappa shape index (κ1) is 11.6. The zero-order valence-electron chi connectivity index (χ0n) is 10.00. The highest BCUT2D eigenvalue weighted by atomic mass is 19.1. The Morgan fingerprint density at radius 1 is 1.35 bits per heavy atom. The number of aromatic nitrogens is 1. The number of hydrogen-bond acceptors (Lipinski definition) is 3. The number of anilines is 2. The molecule has 3 N–H and O–H groups in total. The number of pyridine rings is 1. The third-order valence-electron chi connectivity index (χ3n) is 2.55. The molecule has 0 unspecified atom stereocenters. The van der Waals surface area contributed by atoms with Gasteiger partial charge in [-0.2, -0.15) is 0 Å². The summed E-state index contributed by atoms with van der Waals surface area (Å²) in [5, 5.41) is 4.76. The minimum absolute atomic E-state index is 0.337. The molecule has 2 aromatic rings. The van der Waals surface area contributed by atoms with E-state index >= 15 is 0 Å². The Labute approximate surface area is 99.8 Å². The summed E-state index contributed by atoms with van der Waals surface area (Å²) in [6.07, 6.45) is 1.68. The second-order valence-electron chi connectivity index (χ2n) is 4.52. The van der Waals surface area contributed by atoms with Gasteiger partial charge in [0.1, 0.15) is 11.6 Å². The molecule has 0 atom stereocenters. The second kappa shape index (κ2) is 4.57. The molecule has 0 bridgehead atoms. The van der Waals surface area contributed by atoms with E-state index in [0.717, 1.165) is 17.3 Å². The minimum atomic E-state index is -0.337. The van der Waals surface area contributed by atoms with Gasteiger partial charge < -0.3 is 11.1 Å². The van der Waals surface area contributed by atoms with Gasteiger partial charge in [-0.3, -0.25) is 0 Å². The molecule has 3 nitrogen and oxygen atoms in total. The van der Waals surface area contributed by atoms with E-state index in [-0.39, 0.29) is 5.82 Å². The Hall–Kier alpha value is -1.84. The molecule has 0 saturated heterocycles. The van der Waals surface area contributed by atoms with Gasteiger partial charge >= 0.3 is 0 Å². The van der Waals surface area contributed by atoms with Crippen LogP contribution in [0.5, 0.6) is 0 Å². The van der Waals surface area contributed by atoms with E-state index in [1.807, 2.05) is 0 Å². The summed E-state index contributed by atoms with van der Waals surface area (Å²) in [6.45, 7) is 5.00. The summed E-state index contributed by atoms with van der Waals surface area (Å²) in [4.78, 5) is 4.23. The number of benzene rings is 1. The lowest BCUT2D eigenvalue weighted by Gasteiger charge is -2.11. The van der Waals surface area contributed by atoms with E-state index in [9.17, 15) is 4.39 Å². The van der Waals surface area contributed by atoms with Crippen LogP contribution >= 0.6 is 0 Å². The number of rotatable bonds is 3. The van der Waals surface area contributed by atoms with Crippen molar-refractivity contribution in [2.75, 3.05) is 17.6 Å².